The first-order valence-corrected chi connectivity index (χ1v) is 8.35. The highest BCUT2D eigenvalue weighted by Crippen LogP contribution is 2.37. The predicted octanol–water partition coefficient (Wildman–Crippen LogP) is 5.08. The Bertz CT molecular complexity index is 804. The van der Waals surface area contributed by atoms with Crippen LogP contribution in [-0.2, 0) is 15.2 Å². The summed E-state index contributed by atoms with van der Waals surface area (Å²) in [7, 11) is 1.14. The molecule has 0 bridgehead atoms. The van der Waals surface area contributed by atoms with Gasteiger partial charge in [0.1, 0.15) is 16.4 Å². The first kappa shape index (κ1) is 16.9. The third-order valence-electron chi connectivity index (χ3n) is 2.54. The molecule has 0 saturated heterocycles. The number of benzene rings is 2. The molecular weight excluding hydrogens is 364 g/mol. The van der Waals surface area contributed by atoms with Crippen LogP contribution in [-0.4, -0.2) is 8.42 Å². The number of ether oxygens (including phenoxy) is 1. The summed E-state index contributed by atoms with van der Waals surface area (Å²) in [5, 5.41) is -0.198. The van der Waals surface area contributed by atoms with Gasteiger partial charge in [0.25, 0.3) is 9.05 Å². The smallest absolute Gasteiger partial charge is 0.416 e. The van der Waals surface area contributed by atoms with E-state index in [-0.39, 0.29) is 21.4 Å². The largest absolute Gasteiger partial charge is 0.456 e. The SMILES string of the molecule is O=S(=O)(Cl)c1ccccc1Oc1cc(Cl)cc(C(F)(F)F)c1. The van der Waals surface area contributed by atoms with E-state index in [1.54, 1.807) is 0 Å². The summed E-state index contributed by atoms with van der Waals surface area (Å²) in [6.45, 7) is 0. The highest BCUT2D eigenvalue weighted by Gasteiger charge is 2.31. The standard InChI is InChI=1S/C13H7Cl2F3O3S/c14-9-5-8(13(16,17)18)6-10(7-9)21-11-3-1-2-4-12(11)22(15,19)20/h1-7H. The van der Waals surface area contributed by atoms with Gasteiger partial charge in [-0.3, -0.25) is 0 Å². The fraction of sp³-hybridized carbons (Fsp3) is 0.0769. The van der Waals surface area contributed by atoms with Crippen LogP contribution >= 0.6 is 22.3 Å². The van der Waals surface area contributed by atoms with E-state index in [2.05, 4.69) is 0 Å². The molecule has 0 unspecified atom stereocenters. The molecular formula is C13H7Cl2F3O3S. The third-order valence-corrected chi connectivity index (χ3v) is 4.12. The predicted molar refractivity (Wildman–Crippen MR) is 76.0 cm³/mol. The lowest BCUT2D eigenvalue weighted by Gasteiger charge is -2.12. The second-order valence-corrected chi connectivity index (χ2v) is 7.13. The molecule has 0 aromatic heterocycles. The summed E-state index contributed by atoms with van der Waals surface area (Å²) in [6.07, 6.45) is -4.61. The summed E-state index contributed by atoms with van der Waals surface area (Å²) in [4.78, 5) is -0.356. The highest BCUT2D eigenvalue weighted by molar-refractivity contribution is 8.13. The van der Waals surface area contributed by atoms with Gasteiger partial charge in [-0.15, -0.1) is 0 Å². The van der Waals surface area contributed by atoms with Crippen molar-refractivity contribution in [2.45, 2.75) is 11.1 Å². The van der Waals surface area contributed by atoms with Gasteiger partial charge in [-0.25, -0.2) is 8.42 Å². The van der Waals surface area contributed by atoms with Gasteiger partial charge in [0.2, 0.25) is 0 Å². The van der Waals surface area contributed by atoms with Gasteiger partial charge in [-0.1, -0.05) is 23.7 Å². The van der Waals surface area contributed by atoms with Gasteiger partial charge >= 0.3 is 6.18 Å². The Hall–Kier alpha value is -1.44. The Morgan fingerprint density at radius 2 is 1.68 bits per heavy atom. The normalized spacial score (nSPS) is 12.2. The Kier molecular flexibility index (Phi) is 4.60. The van der Waals surface area contributed by atoms with Gasteiger partial charge in [-0.2, -0.15) is 13.2 Å². The van der Waals surface area contributed by atoms with Crippen LogP contribution in [0, 0.1) is 0 Å². The molecule has 0 radical (unpaired) electrons. The number of alkyl halides is 3. The average Bonchev–Trinajstić information content (AvgIpc) is 2.36. The first-order chi connectivity index (χ1) is 10.1. The molecule has 2 aromatic rings. The maximum Gasteiger partial charge on any atom is 0.416 e. The van der Waals surface area contributed by atoms with E-state index in [4.69, 9.17) is 27.0 Å². The summed E-state index contributed by atoms with van der Waals surface area (Å²) in [5.74, 6) is -0.458. The first-order valence-electron chi connectivity index (χ1n) is 5.67. The zero-order valence-corrected chi connectivity index (χ0v) is 12.9. The molecule has 9 heteroatoms. The lowest BCUT2D eigenvalue weighted by molar-refractivity contribution is -0.137. The Morgan fingerprint density at radius 3 is 2.27 bits per heavy atom. The summed E-state index contributed by atoms with van der Waals surface area (Å²) < 4.78 is 66.2. The van der Waals surface area contributed by atoms with E-state index in [9.17, 15) is 21.6 Å². The molecule has 0 aliphatic heterocycles. The van der Waals surface area contributed by atoms with E-state index in [1.165, 1.54) is 24.3 Å². The number of rotatable bonds is 3. The van der Waals surface area contributed by atoms with Gasteiger partial charge in [0, 0.05) is 15.7 Å². The van der Waals surface area contributed by atoms with Crippen molar-refractivity contribution in [2.24, 2.45) is 0 Å². The second-order valence-electron chi connectivity index (χ2n) is 4.16. The highest BCUT2D eigenvalue weighted by atomic mass is 35.7. The van der Waals surface area contributed by atoms with Gasteiger partial charge < -0.3 is 4.74 Å². The van der Waals surface area contributed by atoms with E-state index >= 15 is 0 Å². The molecule has 3 nitrogen and oxygen atoms in total. The van der Waals surface area contributed by atoms with E-state index in [0.29, 0.717) is 6.07 Å². The average molecular weight is 371 g/mol. The molecule has 0 atom stereocenters. The van der Waals surface area contributed by atoms with Crippen molar-refractivity contribution in [3.8, 4) is 11.5 Å². The zero-order chi connectivity index (χ0) is 16.5. The Morgan fingerprint density at radius 1 is 1.05 bits per heavy atom. The lowest BCUT2D eigenvalue weighted by Crippen LogP contribution is -2.05. The second kappa shape index (κ2) is 5.98. The molecule has 0 spiro atoms. The van der Waals surface area contributed by atoms with Gasteiger partial charge in [0.15, 0.2) is 0 Å². The van der Waals surface area contributed by atoms with Crippen LogP contribution in [0.2, 0.25) is 5.02 Å². The Labute approximate surface area is 133 Å². The van der Waals surface area contributed by atoms with Gasteiger partial charge in [0.05, 0.1) is 5.56 Å². The molecule has 0 aliphatic rings. The molecule has 2 rings (SSSR count). The summed E-state index contributed by atoms with van der Waals surface area (Å²) >= 11 is 5.63. The maximum atomic E-state index is 12.7. The van der Waals surface area contributed by atoms with Crippen LogP contribution in [0.4, 0.5) is 13.2 Å². The van der Waals surface area contributed by atoms with Crippen molar-refractivity contribution < 1.29 is 26.3 Å². The monoisotopic (exact) mass is 370 g/mol. The van der Waals surface area contributed by atoms with Crippen molar-refractivity contribution >= 4 is 31.3 Å². The molecule has 118 valence electrons. The van der Waals surface area contributed by atoms with Crippen LogP contribution in [0.1, 0.15) is 5.56 Å². The topological polar surface area (TPSA) is 43.4 Å². The van der Waals surface area contributed by atoms with E-state index in [0.717, 1.165) is 12.1 Å². The van der Waals surface area contributed by atoms with Crippen molar-refractivity contribution in [3.05, 3.63) is 53.1 Å². The van der Waals surface area contributed by atoms with Crippen LogP contribution in [0.25, 0.3) is 0 Å². The number of halogens is 5. The fourth-order valence-electron chi connectivity index (χ4n) is 1.65. The minimum absolute atomic E-state index is 0.198. The van der Waals surface area contributed by atoms with Crippen LogP contribution in [0.15, 0.2) is 47.4 Å². The Balaban J connectivity index is 2.47. The van der Waals surface area contributed by atoms with Gasteiger partial charge in [-0.05, 0) is 30.3 Å². The third kappa shape index (κ3) is 4.06. The van der Waals surface area contributed by atoms with Crippen molar-refractivity contribution in [1.82, 2.24) is 0 Å². The van der Waals surface area contributed by atoms with Crippen LogP contribution in [0.5, 0.6) is 11.5 Å². The van der Waals surface area contributed by atoms with Crippen LogP contribution < -0.4 is 4.74 Å². The lowest BCUT2D eigenvalue weighted by atomic mass is 10.2. The van der Waals surface area contributed by atoms with E-state index < -0.39 is 20.8 Å². The van der Waals surface area contributed by atoms with Crippen LogP contribution in [0.3, 0.4) is 0 Å². The molecule has 22 heavy (non-hydrogen) atoms. The molecule has 0 heterocycles. The molecule has 0 aliphatic carbocycles. The maximum absolute atomic E-state index is 12.7. The van der Waals surface area contributed by atoms with Crippen molar-refractivity contribution in [3.63, 3.8) is 0 Å². The molecule has 0 fully saturated rings. The number of para-hydroxylation sites is 1. The summed E-state index contributed by atoms with van der Waals surface area (Å²) in [6, 6.07) is 7.88. The molecule has 0 N–H and O–H groups in total. The molecule has 0 saturated carbocycles. The molecule has 2 aromatic carbocycles. The fourth-order valence-corrected chi connectivity index (χ4v) is 2.85. The van der Waals surface area contributed by atoms with Crippen molar-refractivity contribution in [2.75, 3.05) is 0 Å². The minimum atomic E-state index is -4.61. The quantitative estimate of drug-likeness (QED) is 0.707. The zero-order valence-electron chi connectivity index (χ0n) is 10.6. The number of hydrogen-bond acceptors (Lipinski definition) is 3. The van der Waals surface area contributed by atoms with Crippen molar-refractivity contribution in [1.29, 1.82) is 0 Å². The summed E-state index contributed by atoms with van der Waals surface area (Å²) in [5.41, 5.74) is -1.01. The number of hydrogen-bond donors (Lipinski definition) is 0. The van der Waals surface area contributed by atoms with E-state index in [1.807, 2.05) is 0 Å². The molecule has 0 amide bonds. The minimum Gasteiger partial charge on any atom is -0.456 e.